The highest BCUT2D eigenvalue weighted by Crippen LogP contribution is 2.31. The molecule has 5 rings (SSSR count). The number of pyridine rings is 1. The topological polar surface area (TPSA) is 102 Å². The smallest absolute Gasteiger partial charge is 0.336 e. The quantitative estimate of drug-likeness (QED) is 0.463. The van der Waals surface area contributed by atoms with Gasteiger partial charge in [0.1, 0.15) is 0 Å². The zero-order valence-corrected chi connectivity index (χ0v) is 18.6. The van der Waals surface area contributed by atoms with E-state index in [1.54, 1.807) is 12.5 Å². The van der Waals surface area contributed by atoms with Crippen molar-refractivity contribution >= 4 is 22.8 Å². The number of benzene rings is 2. The number of aromatic nitrogens is 3. The Morgan fingerprint density at radius 3 is 2.41 bits per heavy atom. The number of piperazine rings is 1. The van der Waals surface area contributed by atoms with Gasteiger partial charge in [-0.1, -0.05) is 48.5 Å². The lowest BCUT2D eigenvalue weighted by molar-refractivity contribution is -0.132. The van der Waals surface area contributed by atoms with Crippen molar-refractivity contribution in [3.8, 4) is 11.3 Å². The number of aromatic amines is 1. The van der Waals surface area contributed by atoms with Crippen molar-refractivity contribution in [2.75, 3.05) is 26.2 Å². The van der Waals surface area contributed by atoms with E-state index in [1.807, 2.05) is 59.5 Å². The number of hydrogen-bond donors (Lipinski definition) is 2. The molecule has 1 amide bonds. The summed E-state index contributed by atoms with van der Waals surface area (Å²) >= 11 is 0. The van der Waals surface area contributed by atoms with Crippen LogP contribution < -0.4 is 0 Å². The molecular formula is C26H25N5O3. The molecule has 0 radical (unpaired) electrons. The number of carboxylic acid groups (broad SMARTS) is 1. The van der Waals surface area contributed by atoms with E-state index in [1.165, 1.54) is 0 Å². The number of H-pyrrole nitrogens is 1. The predicted octanol–water partition coefficient (Wildman–Crippen LogP) is 3.21. The van der Waals surface area contributed by atoms with E-state index in [-0.39, 0.29) is 5.91 Å². The van der Waals surface area contributed by atoms with Gasteiger partial charge in [0.15, 0.2) is 0 Å². The molecule has 1 saturated heterocycles. The largest absolute Gasteiger partial charge is 0.478 e. The fourth-order valence-electron chi connectivity index (χ4n) is 4.52. The van der Waals surface area contributed by atoms with Crippen molar-refractivity contribution in [1.82, 2.24) is 24.8 Å². The number of para-hydroxylation sites is 1. The highest BCUT2D eigenvalue weighted by atomic mass is 16.4. The van der Waals surface area contributed by atoms with E-state index >= 15 is 0 Å². The molecule has 172 valence electrons. The van der Waals surface area contributed by atoms with Crippen LogP contribution in [0.2, 0.25) is 0 Å². The van der Waals surface area contributed by atoms with Gasteiger partial charge < -0.3 is 15.0 Å². The molecule has 8 heteroatoms. The molecule has 0 spiro atoms. The number of carbonyl (C=O) groups is 2. The first kappa shape index (κ1) is 21.8. The summed E-state index contributed by atoms with van der Waals surface area (Å²) in [5.41, 5.74) is 4.04. The highest BCUT2D eigenvalue weighted by molar-refractivity contribution is 6.05. The summed E-state index contributed by atoms with van der Waals surface area (Å²) in [4.78, 5) is 40.9. The fourth-order valence-corrected chi connectivity index (χ4v) is 4.52. The van der Waals surface area contributed by atoms with E-state index in [9.17, 15) is 14.7 Å². The van der Waals surface area contributed by atoms with Gasteiger partial charge >= 0.3 is 5.97 Å². The second-order valence-corrected chi connectivity index (χ2v) is 8.41. The summed E-state index contributed by atoms with van der Waals surface area (Å²) in [5, 5.41) is 10.8. The van der Waals surface area contributed by atoms with Gasteiger partial charge in [-0.15, -0.1) is 0 Å². The number of aromatic carboxylic acids is 1. The Morgan fingerprint density at radius 1 is 0.971 bits per heavy atom. The van der Waals surface area contributed by atoms with Gasteiger partial charge in [0.2, 0.25) is 5.91 Å². The molecule has 0 bridgehead atoms. The fraction of sp³-hybridized carbons (Fsp3) is 0.231. The number of rotatable bonds is 6. The minimum atomic E-state index is -0.959. The van der Waals surface area contributed by atoms with Crippen molar-refractivity contribution < 1.29 is 14.7 Å². The zero-order chi connectivity index (χ0) is 23.5. The summed E-state index contributed by atoms with van der Waals surface area (Å²) in [6, 6.07) is 17.1. The molecule has 2 aromatic heterocycles. The van der Waals surface area contributed by atoms with Gasteiger partial charge in [-0.2, -0.15) is 0 Å². The molecule has 1 aliphatic rings. The average Bonchev–Trinajstić information content (AvgIpc) is 3.37. The summed E-state index contributed by atoms with van der Waals surface area (Å²) in [7, 11) is 0. The standard InChI is InChI=1S/C26H25N5O3/c32-23(14-19-15-27-17-28-19)31-12-10-30(11-13-31)16-21-24(26(33)34)20-8-4-5-9-22(20)29-25(21)18-6-2-1-3-7-18/h1-9,15,17H,10-14,16H2,(H,27,28)(H,33,34). The second-order valence-electron chi connectivity index (χ2n) is 8.41. The van der Waals surface area contributed by atoms with Gasteiger partial charge in [-0.05, 0) is 6.07 Å². The van der Waals surface area contributed by atoms with E-state index in [0.717, 1.165) is 11.3 Å². The average molecular weight is 456 g/mol. The number of imidazole rings is 1. The van der Waals surface area contributed by atoms with Crippen LogP contribution in [0.5, 0.6) is 0 Å². The lowest BCUT2D eigenvalue weighted by Crippen LogP contribution is -2.48. The number of nitrogens with one attached hydrogen (secondary N) is 1. The lowest BCUT2D eigenvalue weighted by Gasteiger charge is -2.35. The number of fused-ring (bicyclic) bond motifs is 1. The number of amides is 1. The first-order valence-electron chi connectivity index (χ1n) is 11.3. The number of carboxylic acids is 1. The minimum Gasteiger partial charge on any atom is -0.478 e. The van der Waals surface area contributed by atoms with Gasteiger partial charge in [-0.3, -0.25) is 9.69 Å². The van der Waals surface area contributed by atoms with Crippen molar-refractivity contribution in [2.24, 2.45) is 0 Å². The SMILES string of the molecule is O=C(O)c1c(CN2CCN(C(=O)Cc3cnc[nH]3)CC2)c(-c2ccccc2)nc2ccccc12. The maximum absolute atomic E-state index is 12.6. The van der Waals surface area contributed by atoms with Gasteiger partial charge in [0.05, 0.1) is 29.5 Å². The molecule has 0 saturated carbocycles. The Morgan fingerprint density at radius 2 is 1.71 bits per heavy atom. The van der Waals surface area contributed by atoms with Crippen LogP contribution in [0.25, 0.3) is 22.2 Å². The van der Waals surface area contributed by atoms with Crippen LogP contribution >= 0.6 is 0 Å². The molecule has 0 aliphatic carbocycles. The summed E-state index contributed by atoms with van der Waals surface area (Å²) in [6.07, 6.45) is 3.54. The third-order valence-corrected chi connectivity index (χ3v) is 6.26. The Hall–Kier alpha value is -4.04. The third kappa shape index (κ3) is 4.40. The molecule has 0 atom stereocenters. The molecule has 8 nitrogen and oxygen atoms in total. The molecule has 2 aromatic carbocycles. The Bertz CT molecular complexity index is 1310. The first-order chi connectivity index (χ1) is 16.6. The van der Waals surface area contributed by atoms with Crippen LogP contribution in [0.3, 0.4) is 0 Å². The van der Waals surface area contributed by atoms with E-state index < -0.39 is 5.97 Å². The van der Waals surface area contributed by atoms with Crippen molar-refractivity contribution in [3.63, 3.8) is 0 Å². The van der Waals surface area contributed by atoms with Crippen molar-refractivity contribution in [1.29, 1.82) is 0 Å². The van der Waals surface area contributed by atoms with Crippen LogP contribution in [0, 0.1) is 0 Å². The normalized spacial score (nSPS) is 14.4. The monoisotopic (exact) mass is 455 g/mol. The summed E-state index contributed by atoms with van der Waals surface area (Å²) in [5.74, 6) is -0.897. The third-order valence-electron chi connectivity index (χ3n) is 6.26. The van der Waals surface area contributed by atoms with Crippen LogP contribution in [-0.4, -0.2) is 67.9 Å². The first-order valence-corrected chi connectivity index (χ1v) is 11.3. The number of carbonyl (C=O) groups excluding carboxylic acids is 1. The molecule has 4 aromatic rings. The molecule has 3 heterocycles. The van der Waals surface area contributed by atoms with Gasteiger partial charge in [-0.25, -0.2) is 14.8 Å². The van der Waals surface area contributed by atoms with E-state index in [4.69, 9.17) is 4.98 Å². The number of hydrogen-bond acceptors (Lipinski definition) is 5. The highest BCUT2D eigenvalue weighted by Gasteiger charge is 2.26. The summed E-state index contributed by atoms with van der Waals surface area (Å²) < 4.78 is 0. The van der Waals surface area contributed by atoms with Crippen LogP contribution in [0.1, 0.15) is 21.6 Å². The lowest BCUT2D eigenvalue weighted by atomic mass is 9.96. The maximum Gasteiger partial charge on any atom is 0.336 e. The molecule has 0 unspecified atom stereocenters. The van der Waals surface area contributed by atoms with Crippen molar-refractivity contribution in [2.45, 2.75) is 13.0 Å². The van der Waals surface area contributed by atoms with Crippen LogP contribution in [0.15, 0.2) is 67.1 Å². The van der Waals surface area contributed by atoms with Crippen molar-refractivity contribution in [3.05, 3.63) is 83.9 Å². The molecule has 34 heavy (non-hydrogen) atoms. The summed E-state index contributed by atoms with van der Waals surface area (Å²) in [6.45, 7) is 2.96. The second kappa shape index (κ2) is 9.44. The van der Waals surface area contributed by atoms with E-state index in [2.05, 4.69) is 14.9 Å². The van der Waals surface area contributed by atoms with Crippen LogP contribution in [0.4, 0.5) is 0 Å². The number of nitrogens with zero attached hydrogens (tertiary/aromatic N) is 4. The Balaban J connectivity index is 1.43. The molecular weight excluding hydrogens is 430 g/mol. The molecule has 1 fully saturated rings. The van der Waals surface area contributed by atoms with Crippen LogP contribution in [-0.2, 0) is 17.8 Å². The Kier molecular flexibility index (Phi) is 6.05. The van der Waals surface area contributed by atoms with Gasteiger partial charge in [0, 0.05) is 61.1 Å². The molecule has 2 N–H and O–H groups in total. The minimum absolute atomic E-state index is 0.0625. The van der Waals surface area contributed by atoms with E-state index in [0.29, 0.717) is 66.9 Å². The predicted molar refractivity (Wildman–Crippen MR) is 128 cm³/mol. The zero-order valence-electron chi connectivity index (χ0n) is 18.6. The maximum atomic E-state index is 12.6. The molecule has 1 aliphatic heterocycles. The van der Waals surface area contributed by atoms with Gasteiger partial charge in [0.25, 0.3) is 0 Å². The Labute approximate surface area is 196 Å².